The maximum Gasteiger partial charge on any atom is 0.260 e. The molecule has 1 saturated heterocycles. The van der Waals surface area contributed by atoms with E-state index in [-0.39, 0.29) is 24.7 Å². The van der Waals surface area contributed by atoms with Gasteiger partial charge in [-0.25, -0.2) is 0 Å². The summed E-state index contributed by atoms with van der Waals surface area (Å²) in [6.07, 6.45) is 2.36. The molecule has 0 unspecified atom stereocenters. The number of ether oxygens (including phenoxy) is 2. The number of piperidine rings is 1. The minimum atomic E-state index is 0.0551. The van der Waals surface area contributed by atoms with Crippen molar-refractivity contribution in [1.29, 1.82) is 0 Å². The molecule has 0 atom stereocenters. The molecule has 0 aromatic heterocycles. The van der Waals surface area contributed by atoms with E-state index in [4.69, 9.17) is 9.47 Å². The third-order valence-electron chi connectivity index (χ3n) is 3.61. The molecule has 4 nitrogen and oxygen atoms in total. The second kappa shape index (κ2) is 7.46. The van der Waals surface area contributed by atoms with Crippen LogP contribution in [0.3, 0.4) is 0 Å². The molecule has 1 aliphatic heterocycles. The number of benzene rings is 1. The number of likely N-dealkylation sites (tertiary alicyclic amines) is 1. The first-order valence-corrected chi connectivity index (χ1v) is 7.67. The first-order valence-electron chi connectivity index (χ1n) is 7.67. The molecule has 0 bridgehead atoms. The minimum Gasteiger partial charge on any atom is -0.484 e. The van der Waals surface area contributed by atoms with E-state index in [9.17, 15) is 4.79 Å². The first kappa shape index (κ1) is 15.8. The van der Waals surface area contributed by atoms with Gasteiger partial charge in [-0.1, -0.05) is 12.1 Å². The van der Waals surface area contributed by atoms with Gasteiger partial charge >= 0.3 is 0 Å². The highest BCUT2D eigenvalue weighted by Gasteiger charge is 2.23. The molecule has 1 heterocycles. The molecule has 21 heavy (non-hydrogen) atoms. The summed E-state index contributed by atoms with van der Waals surface area (Å²) in [5.74, 6) is 0.806. The zero-order chi connectivity index (χ0) is 15.2. The van der Waals surface area contributed by atoms with Gasteiger partial charge in [-0.15, -0.1) is 0 Å². The van der Waals surface area contributed by atoms with Crippen molar-refractivity contribution in [3.8, 4) is 5.75 Å². The molecule has 1 aromatic carbocycles. The highest BCUT2D eigenvalue weighted by Crippen LogP contribution is 2.16. The van der Waals surface area contributed by atoms with Crippen LogP contribution >= 0.6 is 0 Å². The number of carbonyl (C=O) groups is 1. The number of nitrogens with zero attached hydrogens (tertiary/aromatic N) is 1. The number of hydrogen-bond donors (Lipinski definition) is 0. The second-order valence-electron chi connectivity index (χ2n) is 5.87. The van der Waals surface area contributed by atoms with Crippen molar-refractivity contribution in [2.45, 2.75) is 45.8 Å². The quantitative estimate of drug-likeness (QED) is 0.837. The standard InChI is InChI=1S/C17H25NO3/c1-13(2)21-15-7-9-18(10-8-15)17(19)12-20-16-6-4-5-14(3)11-16/h4-6,11,13,15H,7-10,12H2,1-3H3. The van der Waals surface area contributed by atoms with Crippen molar-refractivity contribution in [2.75, 3.05) is 19.7 Å². The number of carbonyl (C=O) groups excluding carboxylic acids is 1. The summed E-state index contributed by atoms with van der Waals surface area (Å²) < 4.78 is 11.4. The molecule has 0 saturated carbocycles. The Morgan fingerprint density at radius 1 is 1.33 bits per heavy atom. The SMILES string of the molecule is Cc1cccc(OCC(=O)N2CCC(OC(C)C)CC2)c1. The lowest BCUT2D eigenvalue weighted by Gasteiger charge is -2.32. The van der Waals surface area contributed by atoms with Gasteiger partial charge < -0.3 is 14.4 Å². The highest BCUT2D eigenvalue weighted by atomic mass is 16.5. The van der Waals surface area contributed by atoms with Crippen molar-refractivity contribution < 1.29 is 14.3 Å². The van der Waals surface area contributed by atoms with E-state index in [1.165, 1.54) is 0 Å². The summed E-state index contributed by atoms with van der Waals surface area (Å²) in [7, 11) is 0. The fourth-order valence-electron chi connectivity index (χ4n) is 2.57. The lowest BCUT2D eigenvalue weighted by Crippen LogP contribution is -2.43. The summed E-state index contributed by atoms with van der Waals surface area (Å²) in [4.78, 5) is 14.0. The maximum atomic E-state index is 12.1. The minimum absolute atomic E-state index is 0.0551. The Balaban J connectivity index is 1.75. The summed E-state index contributed by atoms with van der Waals surface area (Å²) in [5.41, 5.74) is 1.13. The van der Waals surface area contributed by atoms with E-state index in [1.54, 1.807) is 0 Å². The molecule has 0 spiro atoms. The van der Waals surface area contributed by atoms with E-state index >= 15 is 0 Å². The number of hydrogen-bond acceptors (Lipinski definition) is 3. The van der Waals surface area contributed by atoms with Crippen molar-refractivity contribution in [1.82, 2.24) is 4.90 Å². The predicted molar refractivity (Wildman–Crippen MR) is 82.5 cm³/mol. The summed E-state index contributed by atoms with van der Waals surface area (Å²) >= 11 is 0. The summed E-state index contributed by atoms with van der Waals surface area (Å²) in [6, 6.07) is 7.76. The molecule has 2 rings (SSSR count). The monoisotopic (exact) mass is 291 g/mol. The Hall–Kier alpha value is -1.55. The van der Waals surface area contributed by atoms with Gasteiger partial charge in [0, 0.05) is 13.1 Å². The molecule has 116 valence electrons. The third-order valence-corrected chi connectivity index (χ3v) is 3.61. The van der Waals surface area contributed by atoms with Gasteiger partial charge in [0.05, 0.1) is 12.2 Å². The normalized spacial score (nSPS) is 16.3. The average Bonchev–Trinajstić information content (AvgIpc) is 2.45. The van der Waals surface area contributed by atoms with Crippen LogP contribution in [-0.2, 0) is 9.53 Å². The van der Waals surface area contributed by atoms with Gasteiger partial charge in [-0.05, 0) is 51.3 Å². The Morgan fingerprint density at radius 2 is 2.05 bits per heavy atom. The van der Waals surface area contributed by atoms with Gasteiger partial charge in [0.1, 0.15) is 5.75 Å². The van der Waals surface area contributed by atoms with Gasteiger partial charge in [0.25, 0.3) is 5.91 Å². The molecule has 1 aliphatic rings. The summed E-state index contributed by atoms with van der Waals surface area (Å²) in [5, 5.41) is 0. The van der Waals surface area contributed by atoms with Crippen molar-refractivity contribution in [2.24, 2.45) is 0 Å². The number of aryl methyl sites for hydroxylation is 1. The molecule has 0 aliphatic carbocycles. The average molecular weight is 291 g/mol. The van der Waals surface area contributed by atoms with Crippen LogP contribution in [0.2, 0.25) is 0 Å². The van der Waals surface area contributed by atoms with E-state index in [1.807, 2.05) is 49.9 Å². The molecule has 0 N–H and O–H groups in total. The molecule has 4 heteroatoms. The lowest BCUT2D eigenvalue weighted by molar-refractivity contribution is -0.136. The zero-order valence-electron chi connectivity index (χ0n) is 13.2. The number of rotatable bonds is 5. The van der Waals surface area contributed by atoms with E-state index in [2.05, 4.69) is 0 Å². The van der Waals surface area contributed by atoms with Crippen molar-refractivity contribution in [3.63, 3.8) is 0 Å². The van der Waals surface area contributed by atoms with Crippen LogP contribution in [-0.4, -0.2) is 42.7 Å². The molecule has 1 aromatic rings. The highest BCUT2D eigenvalue weighted by molar-refractivity contribution is 5.77. The van der Waals surface area contributed by atoms with E-state index < -0.39 is 0 Å². The predicted octanol–water partition coefficient (Wildman–Crippen LogP) is 2.79. The van der Waals surface area contributed by atoms with Crippen LogP contribution < -0.4 is 4.74 Å². The van der Waals surface area contributed by atoms with Crippen LogP contribution in [0.25, 0.3) is 0 Å². The smallest absolute Gasteiger partial charge is 0.260 e. The van der Waals surface area contributed by atoms with E-state index in [0.29, 0.717) is 0 Å². The van der Waals surface area contributed by atoms with Crippen LogP contribution in [0.4, 0.5) is 0 Å². The van der Waals surface area contributed by atoms with Crippen LogP contribution in [0.15, 0.2) is 24.3 Å². The largest absolute Gasteiger partial charge is 0.484 e. The molecular weight excluding hydrogens is 266 g/mol. The lowest BCUT2D eigenvalue weighted by atomic mass is 10.1. The Bertz CT molecular complexity index is 465. The van der Waals surface area contributed by atoms with Gasteiger partial charge in [0.2, 0.25) is 0 Å². The fourth-order valence-corrected chi connectivity index (χ4v) is 2.57. The first-order chi connectivity index (χ1) is 10.0. The molecule has 0 radical (unpaired) electrons. The Kier molecular flexibility index (Phi) is 5.62. The topological polar surface area (TPSA) is 38.8 Å². The van der Waals surface area contributed by atoms with Gasteiger partial charge in [0.15, 0.2) is 6.61 Å². The zero-order valence-corrected chi connectivity index (χ0v) is 13.2. The van der Waals surface area contributed by atoms with E-state index in [0.717, 1.165) is 37.2 Å². The second-order valence-corrected chi connectivity index (χ2v) is 5.87. The fraction of sp³-hybridized carbons (Fsp3) is 0.588. The third kappa shape index (κ3) is 5.05. The maximum absolute atomic E-state index is 12.1. The molecular formula is C17H25NO3. The van der Waals surface area contributed by atoms with Crippen molar-refractivity contribution >= 4 is 5.91 Å². The van der Waals surface area contributed by atoms with Gasteiger partial charge in [-0.2, -0.15) is 0 Å². The summed E-state index contributed by atoms with van der Waals surface area (Å²) in [6.45, 7) is 7.73. The van der Waals surface area contributed by atoms with Crippen molar-refractivity contribution in [3.05, 3.63) is 29.8 Å². The van der Waals surface area contributed by atoms with Crippen LogP contribution in [0, 0.1) is 6.92 Å². The molecule has 1 amide bonds. The molecule has 1 fully saturated rings. The van der Waals surface area contributed by atoms with Crippen LogP contribution in [0.5, 0.6) is 5.75 Å². The number of amides is 1. The van der Waals surface area contributed by atoms with Crippen LogP contribution in [0.1, 0.15) is 32.3 Å². The van der Waals surface area contributed by atoms with Gasteiger partial charge in [-0.3, -0.25) is 4.79 Å². The Labute approximate surface area is 127 Å². The Morgan fingerprint density at radius 3 is 2.67 bits per heavy atom.